The number of carbonyl (C=O) groups excluding carboxylic acids is 2. The van der Waals surface area contributed by atoms with Crippen molar-refractivity contribution >= 4 is 19.8 Å². The van der Waals surface area contributed by atoms with Crippen molar-refractivity contribution < 1.29 is 47.8 Å². The number of ether oxygens (including phenoxy) is 2. The lowest BCUT2D eigenvalue weighted by atomic mass is 9.91. The van der Waals surface area contributed by atoms with Crippen LogP contribution in [0.2, 0.25) is 0 Å². The Morgan fingerprint density at radius 3 is 2.67 bits per heavy atom. The minimum absolute atomic E-state index is 0.0110. The maximum atomic E-state index is 13.0. The molecule has 0 aromatic carbocycles. The van der Waals surface area contributed by atoms with E-state index in [9.17, 15) is 34.1 Å². The number of nitrogens with one attached hydrogen (secondary N) is 1. The van der Waals surface area contributed by atoms with Gasteiger partial charge in [-0.2, -0.15) is 4.98 Å². The molecule has 6 heterocycles. The molecule has 36 heavy (non-hydrogen) atoms. The smallest absolute Gasteiger partial charge is 0.394 e. The standard InChI is InChI=1S/C20H27N4O11P/c1-8-5-23-14-3-10(26)13(34-14)7-32-36(30,31)35-11-4-15(33-12(11)6-25)24-17(16(8)21-19(23)28)9(2)18(27)22-20(24)29/h5,9-15,17,25-26H,3-4,6-7H2,1-2H3,(H,30,31)(H,22,27,29)/t9-,10-,11-,12+,13+,14+,15+,17+/m0/s1. The van der Waals surface area contributed by atoms with Crippen LogP contribution >= 0.6 is 7.82 Å². The monoisotopic (exact) mass is 530 g/mol. The zero-order valence-electron chi connectivity index (χ0n) is 19.4. The number of aromatic nitrogens is 2. The molecule has 0 radical (unpaired) electrons. The van der Waals surface area contributed by atoms with E-state index in [0.717, 1.165) is 0 Å². The molecule has 0 saturated carbocycles. The summed E-state index contributed by atoms with van der Waals surface area (Å²) in [4.78, 5) is 54.3. The zero-order valence-corrected chi connectivity index (χ0v) is 20.3. The van der Waals surface area contributed by atoms with E-state index in [0.29, 0.717) is 5.56 Å². The fourth-order valence-corrected chi connectivity index (χ4v) is 6.07. The van der Waals surface area contributed by atoms with Crippen molar-refractivity contribution in [2.45, 2.75) is 69.6 Å². The number of carbonyl (C=O) groups is 2. The number of phosphoric acid groups is 1. The summed E-state index contributed by atoms with van der Waals surface area (Å²) in [5.74, 6) is -1.43. The molecule has 0 spiro atoms. The van der Waals surface area contributed by atoms with Crippen molar-refractivity contribution in [1.29, 1.82) is 0 Å². The van der Waals surface area contributed by atoms with Gasteiger partial charge in [0.05, 0.1) is 37.0 Å². The lowest BCUT2D eigenvalue weighted by Gasteiger charge is -2.42. The molecule has 1 aromatic heterocycles. The molecule has 3 saturated heterocycles. The largest absolute Gasteiger partial charge is 0.472 e. The predicted octanol–water partition coefficient (Wildman–Crippen LogP) is -0.948. The highest BCUT2D eigenvalue weighted by atomic mass is 31.2. The average Bonchev–Trinajstić information content (AvgIpc) is 3.37. The second-order valence-electron chi connectivity index (χ2n) is 9.32. The van der Waals surface area contributed by atoms with Crippen LogP contribution in [-0.4, -0.2) is 85.4 Å². The van der Waals surface area contributed by atoms with Crippen LogP contribution in [0.4, 0.5) is 4.79 Å². The number of urea groups is 1. The van der Waals surface area contributed by atoms with Crippen LogP contribution in [0.3, 0.4) is 0 Å². The van der Waals surface area contributed by atoms with Gasteiger partial charge in [0.15, 0.2) is 0 Å². The normalized spacial score (nSPS) is 40.9. The van der Waals surface area contributed by atoms with Crippen molar-refractivity contribution in [3.8, 4) is 0 Å². The number of hydrogen-bond donors (Lipinski definition) is 4. The number of aliphatic hydroxyl groups is 2. The summed E-state index contributed by atoms with van der Waals surface area (Å²) in [6, 6.07) is -1.84. The minimum Gasteiger partial charge on any atom is -0.394 e. The Labute approximate surface area is 204 Å². The van der Waals surface area contributed by atoms with Crippen LogP contribution < -0.4 is 11.0 Å². The SMILES string of the molecule is Cc1cn2c(=O)nc1[C@H]1[C@H](C)C(=O)NC(=O)N1[C@H]1C[C@H](OP(=O)(O)OC[C@H]3O[C@@H]2C[C@@H]3O)[C@@H](CO)O1. The van der Waals surface area contributed by atoms with Crippen molar-refractivity contribution in [2.24, 2.45) is 5.92 Å². The Morgan fingerprint density at radius 1 is 1.19 bits per heavy atom. The molecule has 1 unspecified atom stereocenters. The molecule has 5 aliphatic rings. The summed E-state index contributed by atoms with van der Waals surface area (Å²) in [6.45, 7) is 2.11. The molecule has 1 aromatic rings. The van der Waals surface area contributed by atoms with E-state index in [4.69, 9.17) is 18.5 Å². The molecular formula is C20H27N4O11P. The lowest BCUT2D eigenvalue weighted by molar-refractivity contribution is -0.133. The number of fused-ring (bicyclic) bond motifs is 5. The second kappa shape index (κ2) is 9.26. The summed E-state index contributed by atoms with van der Waals surface area (Å²) in [6.07, 6.45) is -5.12. The van der Waals surface area contributed by atoms with E-state index in [2.05, 4.69) is 10.3 Å². The van der Waals surface area contributed by atoms with Crippen molar-refractivity contribution in [1.82, 2.24) is 19.8 Å². The van der Waals surface area contributed by atoms with E-state index < -0.39 is 87.5 Å². The molecule has 9 atom stereocenters. The van der Waals surface area contributed by atoms with Crippen LogP contribution in [0.25, 0.3) is 0 Å². The highest BCUT2D eigenvalue weighted by Crippen LogP contribution is 2.49. The average molecular weight is 530 g/mol. The Hall–Kier alpha value is -2.23. The third-order valence-electron chi connectivity index (χ3n) is 6.96. The van der Waals surface area contributed by atoms with Gasteiger partial charge in [0.25, 0.3) is 0 Å². The highest BCUT2D eigenvalue weighted by Gasteiger charge is 2.51. The number of nitrogens with zero attached hydrogens (tertiary/aromatic N) is 3. The van der Waals surface area contributed by atoms with Crippen LogP contribution in [0.15, 0.2) is 11.0 Å². The number of imide groups is 1. The predicted molar refractivity (Wildman–Crippen MR) is 116 cm³/mol. The summed E-state index contributed by atoms with van der Waals surface area (Å²) >= 11 is 0. The molecule has 15 nitrogen and oxygen atoms in total. The number of aliphatic hydroxyl groups excluding tert-OH is 2. The molecule has 6 rings (SSSR count). The summed E-state index contributed by atoms with van der Waals surface area (Å²) in [7, 11) is -4.72. The van der Waals surface area contributed by atoms with Gasteiger partial charge in [-0.1, -0.05) is 6.92 Å². The number of rotatable bonds is 1. The van der Waals surface area contributed by atoms with E-state index >= 15 is 0 Å². The van der Waals surface area contributed by atoms with Gasteiger partial charge in [-0.3, -0.25) is 28.6 Å². The Bertz CT molecular complexity index is 1180. The van der Waals surface area contributed by atoms with Crippen molar-refractivity contribution in [3.63, 3.8) is 0 Å². The minimum atomic E-state index is -4.72. The molecule has 3 amide bonds. The second-order valence-corrected chi connectivity index (χ2v) is 10.7. The summed E-state index contributed by atoms with van der Waals surface area (Å²) in [5, 5.41) is 22.5. The third kappa shape index (κ3) is 4.39. The fourth-order valence-electron chi connectivity index (χ4n) is 5.11. The van der Waals surface area contributed by atoms with Crippen molar-refractivity contribution in [2.75, 3.05) is 13.2 Å². The Kier molecular flexibility index (Phi) is 6.54. The molecule has 5 aliphatic heterocycles. The van der Waals surface area contributed by atoms with Crippen LogP contribution in [0, 0.1) is 12.8 Å². The Balaban J connectivity index is 1.63. The molecule has 0 aliphatic carbocycles. The number of phosphoric ester groups is 1. The maximum absolute atomic E-state index is 13.0. The molecule has 4 N–H and O–H groups in total. The Morgan fingerprint density at radius 2 is 1.94 bits per heavy atom. The van der Waals surface area contributed by atoms with Gasteiger partial charge in [-0.15, -0.1) is 0 Å². The van der Waals surface area contributed by atoms with Gasteiger partial charge >= 0.3 is 19.5 Å². The van der Waals surface area contributed by atoms with Crippen LogP contribution in [0.5, 0.6) is 0 Å². The maximum Gasteiger partial charge on any atom is 0.472 e. The van der Waals surface area contributed by atoms with E-state index in [-0.39, 0.29) is 18.5 Å². The van der Waals surface area contributed by atoms with Gasteiger partial charge in [0, 0.05) is 19.0 Å². The molecule has 6 bridgehead atoms. The first kappa shape index (κ1) is 25.4. The van der Waals surface area contributed by atoms with Gasteiger partial charge < -0.3 is 24.6 Å². The van der Waals surface area contributed by atoms with E-state index in [1.165, 1.54) is 15.7 Å². The molecule has 16 heteroatoms. The van der Waals surface area contributed by atoms with E-state index in [1.807, 2.05) is 0 Å². The topological polar surface area (TPSA) is 199 Å². The number of hydrogen-bond acceptors (Lipinski definition) is 11. The van der Waals surface area contributed by atoms with Gasteiger partial charge in [-0.25, -0.2) is 14.2 Å². The first-order valence-electron chi connectivity index (χ1n) is 11.5. The first-order valence-corrected chi connectivity index (χ1v) is 13.0. The quantitative estimate of drug-likeness (QED) is 0.325. The first-order chi connectivity index (χ1) is 17.0. The third-order valence-corrected chi connectivity index (χ3v) is 7.97. The number of aryl methyl sites for hydroxylation is 1. The fraction of sp³-hybridized carbons (Fsp3) is 0.700. The van der Waals surface area contributed by atoms with Crippen molar-refractivity contribution in [3.05, 3.63) is 27.9 Å². The van der Waals surface area contributed by atoms with E-state index in [1.54, 1.807) is 13.8 Å². The number of amides is 3. The molecule has 3 fully saturated rings. The summed E-state index contributed by atoms with van der Waals surface area (Å²) < 4.78 is 35.7. The zero-order chi connectivity index (χ0) is 25.9. The van der Waals surface area contributed by atoms with Crippen LogP contribution in [0.1, 0.15) is 43.3 Å². The van der Waals surface area contributed by atoms with Crippen LogP contribution in [-0.2, 0) is 27.9 Å². The lowest BCUT2D eigenvalue weighted by Crippen LogP contribution is -2.59. The molecule has 198 valence electrons. The summed E-state index contributed by atoms with van der Waals surface area (Å²) in [5.41, 5.74) is -0.0892. The highest BCUT2D eigenvalue weighted by molar-refractivity contribution is 7.47. The molecular weight excluding hydrogens is 503 g/mol. The van der Waals surface area contributed by atoms with Gasteiger partial charge in [-0.05, 0) is 12.5 Å². The van der Waals surface area contributed by atoms with Gasteiger partial charge in [0.2, 0.25) is 5.91 Å². The van der Waals surface area contributed by atoms with Gasteiger partial charge in [0.1, 0.15) is 30.8 Å².